The third kappa shape index (κ3) is 2.72. The van der Waals surface area contributed by atoms with Crippen LogP contribution in [0.2, 0.25) is 0 Å². The number of anilines is 1. The summed E-state index contributed by atoms with van der Waals surface area (Å²) in [6.07, 6.45) is 1.84. The number of aromatic nitrogens is 1. The number of hydrogen-bond donors (Lipinski definition) is 1. The van der Waals surface area contributed by atoms with Gasteiger partial charge >= 0.3 is 5.97 Å². The van der Waals surface area contributed by atoms with Gasteiger partial charge in [-0.05, 0) is 24.5 Å². The molecule has 92 valence electrons. The molecule has 4 nitrogen and oxygen atoms in total. The van der Waals surface area contributed by atoms with E-state index in [1.54, 1.807) is 6.07 Å². The first kappa shape index (κ1) is 11.8. The van der Waals surface area contributed by atoms with Gasteiger partial charge in [0, 0.05) is 13.1 Å². The number of pyridine rings is 1. The first-order valence-electron chi connectivity index (χ1n) is 5.65. The average molecular weight is 238 g/mol. The Labute approximate surface area is 99.1 Å². The lowest BCUT2D eigenvalue weighted by Gasteiger charge is -2.35. The largest absolute Gasteiger partial charge is 0.481 e. The molecule has 1 saturated heterocycles. The van der Waals surface area contributed by atoms with Crippen LogP contribution in [0, 0.1) is 17.7 Å². The maximum absolute atomic E-state index is 12.8. The molecule has 5 heteroatoms. The summed E-state index contributed by atoms with van der Waals surface area (Å²) in [6, 6.07) is 2.93. The highest BCUT2D eigenvalue weighted by Crippen LogP contribution is 2.25. The molecule has 1 fully saturated rings. The summed E-state index contributed by atoms with van der Waals surface area (Å²) in [4.78, 5) is 16.9. The Balaban J connectivity index is 2.15. The lowest BCUT2D eigenvalue weighted by molar-refractivity contribution is -0.142. The summed E-state index contributed by atoms with van der Waals surface area (Å²) in [5.74, 6) is -0.580. The number of carbonyl (C=O) groups is 1. The first-order chi connectivity index (χ1) is 8.06. The number of piperidine rings is 1. The van der Waals surface area contributed by atoms with Gasteiger partial charge in [0.2, 0.25) is 0 Å². The molecule has 0 aromatic carbocycles. The second kappa shape index (κ2) is 4.69. The molecule has 0 bridgehead atoms. The van der Waals surface area contributed by atoms with Crippen molar-refractivity contribution >= 4 is 11.8 Å². The molecule has 2 rings (SSSR count). The average Bonchev–Trinajstić information content (AvgIpc) is 2.29. The standard InChI is InChI=1S/C12H15FN2O2/c1-8-4-9(12(16)17)7-15(6-8)11-3-2-10(13)5-14-11/h2-3,5,8-9H,4,6-7H2,1H3,(H,16,17). The maximum Gasteiger partial charge on any atom is 0.308 e. The molecular weight excluding hydrogens is 223 g/mol. The molecule has 1 aromatic rings. The van der Waals surface area contributed by atoms with Crippen molar-refractivity contribution in [3.63, 3.8) is 0 Å². The van der Waals surface area contributed by atoms with Crippen molar-refractivity contribution in [2.24, 2.45) is 11.8 Å². The van der Waals surface area contributed by atoms with Gasteiger partial charge < -0.3 is 10.0 Å². The maximum atomic E-state index is 12.8. The Bertz CT molecular complexity index is 407. The van der Waals surface area contributed by atoms with E-state index >= 15 is 0 Å². The summed E-state index contributed by atoms with van der Waals surface area (Å²) in [5, 5.41) is 9.06. The van der Waals surface area contributed by atoms with Crippen molar-refractivity contribution in [1.82, 2.24) is 4.98 Å². The number of nitrogens with zero attached hydrogens (tertiary/aromatic N) is 2. The molecule has 0 aliphatic carbocycles. The van der Waals surface area contributed by atoms with E-state index in [9.17, 15) is 9.18 Å². The van der Waals surface area contributed by atoms with E-state index in [0.717, 1.165) is 12.7 Å². The second-order valence-corrected chi connectivity index (χ2v) is 4.62. The van der Waals surface area contributed by atoms with Crippen LogP contribution < -0.4 is 4.90 Å². The number of hydrogen-bond acceptors (Lipinski definition) is 3. The van der Waals surface area contributed by atoms with Crippen LogP contribution in [-0.2, 0) is 4.79 Å². The minimum Gasteiger partial charge on any atom is -0.481 e. The minimum atomic E-state index is -0.774. The molecule has 0 radical (unpaired) electrons. The number of halogens is 1. The molecule has 1 aliphatic rings. The van der Waals surface area contributed by atoms with Gasteiger partial charge in [-0.25, -0.2) is 9.37 Å². The molecule has 1 aliphatic heterocycles. The zero-order valence-electron chi connectivity index (χ0n) is 9.64. The van der Waals surface area contributed by atoms with Gasteiger partial charge in [-0.2, -0.15) is 0 Å². The fourth-order valence-electron chi connectivity index (χ4n) is 2.27. The first-order valence-corrected chi connectivity index (χ1v) is 5.65. The van der Waals surface area contributed by atoms with E-state index < -0.39 is 5.97 Å². The smallest absolute Gasteiger partial charge is 0.308 e. The molecule has 0 spiro atoms. The van der Waals surface area contributed by atoms with Crippen LogP contribution in [0.1, 0.15) is 13.3 Å². The van der Waals surface area contributed by atoms with Crippen LogP contribution in [0.15, 0.2) is 18.3 Å². The Morgan fingerprint density at radius 3 is 2.88 bits per heavy atom. The Morgan fingerprint density at radius 1 is 1.53 bits per heavy atom. The van der Waals surface area contributed by atoms with Gasteiger partial charge in [0.1, 0.15) is 11.6 Å². The predicted octanol–water partition coefficient (Wildman–Crippen LogP) is 1.77. The van der Waals surface area contributed by atoms with Gasteiger partial charge in [-0.1, -0.05) is 6.92 Å². The summed E-state index contributed by atoms with van der Waals surface area (Å²) >= 11 is 0. The zero-order valence-corrected chi connectivity index (χ0v) is 9.64. The van der Waals surface area contributed by atoms with Crippen molar-refractivity contribution in [2.45, 2.75) is 13.3 Å². The minimum absolute atomic E-state index is 0.303. The summed E-state index contributed by atoms with van der Waals surface area (Å²) in [5.41, 5.74) is 0. The molecule has 2 unspecified atom stereocenters. The lowest BCUT2D eigenvalue weighted by atomic mass is 9.90. The Morgan fingerprint density at radius 2 is 2.29 bits per heavy atom. The van der Waals surface area contributed by atoms with Crippen molar-refractivity contribution in [1.29, 1.82) is 0 Å². The Kier molecular flexibility index (Phi) is 3.26. The highest BCUT2D eigenvalue weighted by Gasteiger charge is 2.29. The molecule has 17 heavy (non-hydrogen) atoms. The number of rotatable bonds is 2. The number of carboxylic acid groups (broad SMARTS) is 1. The number of carboxylic acids is 1. The van der Waals surface area contributed by atoms with E-state index in [-0.39, 0.29) is 11.7 Å². The third-order valence-electron chi connectivity index (χ3n) is 3.04. The van der Waals surface area contributed by atoms with E-state index in [4.69, 9.17) is 5.11 Å². The normalized spacial score (nSPS) is 24.7. The van der Waals surface area contributed by atoms with Crippen LogP contribution in [0.25, 0.3) is 0 Å². The molecule has 2 atom stereocenters. The van der Waals surface area contributed by atoms with Gasteiger partial charge in [0.05, 0.1) is 12.1 Å². The fourth-order valence-corrected chi connectivity index (χ4v) is 2.27. The van der Waals surface area contributed by atoms with Gasteiger partial charge in [0.15, 0.2) is 0 Å². The Hall–Kier alpha value is -1.65. The number of aliphatic carboxylic acids is 1. The van der Waals surface area contributed by atoms with Crippen molar-refractivity contribution in [3.8, 4) is 0 Å². The zero-order chi connectivity index (χ0) is 12.4. The van der Waals surface area contributed by atoms with E-state index in [0.29, 0.717) is 24.7 Å². The summed E-state index contributed by atoms with van der Waals surface area (Å²) < 4.78 is 12.8. The van der Waals surface area contributed by atoms with Gasteiger partial charge in [0.25, 0.3) is 0 Å². The monoisotopic (exact) mass is 238 g/mol. The molecule has 1 N–H and O–H groups in total. The van der Waals surface area contributed by atoms with E-state index in [1.807, 2.05) is 11.8 Å². The highest BCUT2D eigenvalue weighted by molar-refractivity contribution is 5.71. The quantitative estimate of drug-likeness (QED) is 0.853. The van der Waals surface area contributed by atoms with Crippen LogP contribution in [0.4, 0.5) is 10.2 Å². The lowest BCUT2D eigenvalue weighted by Crippen LogP contribution is -2.42. The van der Waals surface area contributed by atoms with Crippen LogP contribution in [-0.4, -0.2) is 29.1 Å². The predicted molar refractivity (Wildman–Crippen MR) is 61.3 cm³/mol. The van der Waals surface area contributed by atoms with Gasteiger partial charge in [-0.3, -0.25) is 4.79 Å². The van der Waals surface area contributed by atoms with Crippen LogP contribution in [0.3, 0.4) is 0 Å². The van der Waals surface area contributed by atoms with Crippen molar-refractivity contribution < 1.29 is 14.3 Å². The second-order valence-electron chi connectivity index (χ2n) is 4.62. The topological polar surface area (TPSA) is 53.4 Å². The highest BCUT2D eigenvalue weighted by atomic mass is 19.1. The van der Waals surface area contributed by atoms with Crippen molar-refractivity contribution in [2.75, 3.05) is 18.0 Å². The summed E-state index contributed by atoms with van der Waals surface area (Å²) in [6.45, 7) is 3.23. The SMILES string of the molecule is CC1CC(C(=O)O)CN(c2ccc(F)cn2)C1. The van der Waals surface area contributed by atoms with Crippen LogP contribution in [0.5, 0.6) is 0 Å². The molecule has 0 saturated carbocycles. The molecule has 2 heterocycles. The van der Waals surface area contributed by atoms with E-state index in [2.05, 4.69) is 4.98 Å². The molecule has 0 amide bonds. The fraction of sp³-hybridized carbons (Fsp3) is 0.500. The van der Waals surface area contributed by atoms with E-state index in [1.165, 1.54) is 6.07 Å². The summed E-state index contributed by atoms with van der Waals surface area (Å²) in [7, 11) is 0. The van der Waals surface area contributed by atoms with Crippen molar-refractivity contribution in [3.05, 3.63) is 24.1 Å². The molecule has 1 aromatic heterocycles. The third-order valence-corrected chi connectivity index (χ3v) is 3.04. The van der Waals surface area contributed by atoms with Crippen LogP contribution >= 0.6 is 0 Å². The van der Waals surface area contributed by atoms with Gasteiger partial charge in [-0.15, -0.1) is 0 Å². The molecular formula is C12H15FN2O2.